The normalized spacial score (nSPS) is 10.2. The van der Waals surface area contributed by atoms with Crippen molar-refractivity contribution in [2.75, 3.05) is 0 Å². The van der Waals surface area contributed by atoms with Gasteiger partial charge in [-0.25, -0.2) is 0 Å². The summed E-state index contributed by atoms with van der Waals surface area (Å²) in [5, 5.41) is 25.4. The minimum absolute atomic E-state index is 0. The first-order valence-corrected chi connectivity index (χ1v) is 26.5. The Bertz CT molecular complexity index is 2160. The van der Waals surface area contributed by atoms with Crippen molar-refractivity contribution in [2.24, 2.45) is 0 Å². The quantitative estimate of drug-likeness (QED) is 0.0726. The Morgan fingerprint density at radius 3 is 0.444 bits per heavy atom. The van der Waals surface area contributed by atoms with E-state index in [0.717, 1.165) is 0 Å². The molecule has 0 amide bonds. The monoisotopic (exact) mass is 1150 g/mol. The van der Waals surface area contributed by atoms with E-state index in [0.29, 0.717) is 0 Å². The van der Waals surface area contributed by atoms with Gasteiger partial charge in [-0.05, 0) is 42.4 Å². The van der Waals surface area contributed by atoms with Gasteiger partial charge < -0.3 is 34.5 Å². The fourth-order valence-electron chi connectivity index (χ4n) is 5.87. The Balaban J connectivity index is 0.000000544. The third-order valence-corrected chi connectivity index (χ3v) is 18.2. The first kappa shape index (κ1) is 65.0. The Morgan fingerprint density at radius 2 is 0.361 bits per heavy atom. The van der Waals surface area contributed by atoms with E-state index >= 15 is 0 Å². The van der Waals surface area contributed by atoms with Crippen molar-refractivity contribution < 1.29 is 68.7 Å². The summed E-state index contributed by atoms with van der Waals surface area (Å²) in [5.41, 5.74) is 0. The number of halogens is 8. The topological polar surface area (TPSA) is 71.6 Å². The maximum absolute atomic E-state index is 9.75. The molecule has 0 bridgehead atoms. The molecule has 0 aliphatic heterocycles. The second-order valence-electron chi connectivity index (χ2n) is 13.7. The number of hydrogen-bond acceptors (Lipinski definition) is 4. The van der Waals surface area contributed by atoms with E-state index in [1.807, 2.05) is 0 Å². The van der Waals surface area contributed by atoms with Crippen LogP contribution < -0.4 is 52.2 Å². The molecule has 8 aromatic rings. The van der Waals surface area contributed by atoms with Crippen LogP contribution in [0.15, 0.2) is 243 Å². The second-order valence-corrected chi connectivity index (χ2v) is 22.1. The predicted molar refractivity (Wildman–Crippen MR) is 286 cm³/mol. The molecule has 8 aromatic carbocycles. The first-order chi connectivity index (χ1) is 33.7. The maximum Gasteiger partial charge on any atom is 1.00 e. The molecule has 2 N–H and O–H groups in total. The average molecular weight is 1150 g/mol. The number of rotatable bonds is 12. The van der Waals surface area contributed by atoms with Gasteiger partial charge in [0.1, 0.15) is 0 Å². The van der Waals surface area contributed by atoms with Gasteiger partial charge in [0.05, 0.1) is 12.1 Å². The fourth-order valence-corrected chi connectivity index (χ4v) is 16.1. The van der Waals surface area contributed by atoms with Crippen LogP contribution in [0.25, 0.3) is 0 Å². The predicted octanol–water partition coefficient (Wildman–Crippen LogP) is 13.0. The zero-order chi connectivity index (χ0) is 51.0. The third-order valence-electron chi connectivity index (χ3n) is 8.52. The van der Waals surface area contributed by atoms with Crippen LogP contribution in [0, 0.1) is 22.7 Å². The maximum atomic E-state index is 9.75. The smallest absolute Gasteiger partial charge is 0.418 e. The molecule has 8 rings (SSSR count). The molecule has 380 valence electrons. The summed E-state index contributed by atoms with van der Waals surface area (Å²) >= 11 is 0. The Morgan fingerprint density at radius 1 is 0.278 bits per heavy atom. The number of nitriles is 2. The molecule has 72 heavy (non-hydrogen) atoms. The molecule has 0 atom stereocenters. The minimum atomic E-state index is -6.00. The Labute approximate surface area is 444 Å². The molecule has 0 unspecified atom stereocenters. The summed E-state index contributed by atoms with van der Waals surface area (Å²) in [6.07, 6.45) is 0. The van der Waals surface area contributed by atoms with Crippen LogP contribution in [0.4, 0.5) is 34.5 Å². The summed E-state index contributed by atoms with van der Waals surface area (Å²) in [6, 6.07) is 89.9. The van der Waals surface area contributed by atoms with Gasteiger partial charge in [-0.1, -0.05) is 243 Å². The van der Waals surface area contributed by atoms with E-state index in [1.165, 1.54) is 56.3 Å². The van der Waals surface area contributed by atoms with E-state index < -0.39 is 46.8 Å². The van der Waals surface area contributed by atoms with Crippen LogP contribution >= 0.6 is 32.3 Å². The van der Waals surface area contributed by atoms with Crippen LogP contribution in [0.5, 0.6) is 0 Å². The molecule has 20 heteroatoms. The van der Waals surface area contributed by atoms with Crippen molar-refractivity contribution in [1.29, 1.82) is 10.5 Å². The summed E-state index contributed by atoms with van der Waals surface area (Å²) in [5.74, 6) is 0. The molecule has 0 spiro atoms. The SMILES string of the molecule is CC#N.CC#N.F[B-](F)(F)F.F[B-](F)(F)F.[Cu+].[Cu+].c1ccc(P(NP(c2ccccc2)c2ccccc2)c2ccccc2)cc1.c1ccc(P(NP(c2ccccc2)c2ccccc2)c2ccccc2)cc1. The Hall–Kier alpha value is -5.01. The summed E-state index contributed by atoms with van der Waals surface area (Å²) in [7, 11) is -14.6. The Kier molecular flexibility index (Phi) is 33.3. The molecule has 0 heterocycles. The van der Waals surface area contributed by atoms with Crippen LogP contribution in [0.3, 0.4) is 0 Å². The summed E-state index contributed by atoms with van der Waals surface area (Å²) in [4.78, 5) is 8.10. The number of nitrogens with zero attached hydrogens (tertiary/aromatic N) is 2. The molecule has 0 radical (unpaired) electrons. The summed E-state index contributed by atoms with van der Waals surface area (Å²) < 4.78 is 78.0. The molecule has 0 aliphatic rings. The van der Waals surface area contributed by atoms with Gasteiger partial charge in [0.15, 0.2) is 0 Å². The molecular formula is C52H48B2Cu2F8N4P4. The summed E-state index contributed by atoms with van der Waals surface area (Å²) in [6.45, 7) is 2.86. The van der Waals surface area contributed by atoms with Gasteiger partial charge in [0.25, 0.3) is 0 Å². The van der Waals surface area contributed by atoms with E-state index in [1.54, 1.807) is 12.1 Å². The molecule has 0 aromatic heterocycles. The van der Waals surface area contributed by atoms with Crippen molar-refractivity contribution in [3.8, 4) is 12.1 Å². The average Bonchev–Trinajstić information content (AvgIpc) is 3.36. The van der Waals surface area contributed by atoms with Gasteiger partial charge in [0, 0.05) is 46.1 Å². The zero-order valence-electron chi connectivity index (χ0n) is 38.6. The van der Waals surface area contributed by atoms with Gasteiger partial charge in [0.2, 0.25) is 0 Å². The van der Waals surface area contributed by atoms with E-state index in [9.17, 15) is 34.5 Å². The van der Waals surface area contributed by atoms with Crippen LogP contribution in [-0.2, 0) is 34.1 Å². The van der Waals surface area contributed by atoms with Crippen molar-refractivity contribution in [2.45, 2.75) is 13.8 Å². The molecule has 4 nitrogen and oxygen atoms in total. The van der Waals surface area contributed by atoms with Crippen LogP contribution in [0.1, 0.15) is 13.8 Å². The largest absolute Gasteiger partial charge is 1.00 e. The zero-order valence-corrected chi connectivity index (χ0v) is 44.0. The fraction of sp³-hybridized carbons (Fsp3) is 0.0385. The van der Waals surface area contributed by atoms with Crippen molar-refractivity contribution in [3.05, 3.63) is 243 Å². The minimum Gasteiger partial charge on any atom is -0.418 e. The van der Waals surface area contributed by atoms with Gasteiger partial charge in [-0.15, -0.1) is 0 Å². The van der Waals surface area contributed by atoms with E-state index in [-0.39, 0.29) is 34.1 Å². The molecule has 0 fully saturated rings. The first-order valence-electron chi connectivity index (χ1n) is 21.2. The number of hydrogen-bond donors (Lipinski definition) is 2. The molecule has 0 saturated carbocycles. The number of nitrogens with one attached hydrogen (secondary N) is 2. The van der Waals surface area contributed by atoms with Crippen molar-refractivity contribution in [1.82, 2.24) is 9.72 Å². The van der Waals surface area contributed by atoms with Crippen molar-refractivity contribution >= 4 is 89.2 Å². The van der Waals surface area contributed by atoms with Crippen LogP contribution in [-0.4, -0.2) is 14.5 Å². The van der Waals surface area contributed by atoms with Gasteiger partial charge in [-0.2, -0.15) is 10.5 Å². The number of benzene rings is 8. The molecular weight excluding hydrogens is 1110 g/mol. The van der Waals surface area contributed by atoms with E-state index in [2.05, 4.69) is 252 Å². The van der Waals surface area contributed by atoms with E-state index in [4.69, 9.17) is 10.5 Å². The molecule has 0 aliphatic carbocycles. The van der Waals surface area contributed by atoms with Gasteiger partial charge in [-0.3, -0.25) is 9.72 Å². The van der Waals surface area contributed by atoms with Crippen LogP contribution in [0.2, 0.25) is 0 Å². The second kappa shape index (κ2) is 36.8. The standard InChI is InChI=1S/2C24H21NP2.2C2H3N.2BF4.2Cu/c2*1-5-13-21(14-6-1)26(22-15-7-2-8-16-22)25-27(23-17-9-3-10-18-23)24-19-11-4-12-20-24;2*1-2-3;2*2-1(3,4)5;;/h2*1-20,25H;2*1H3;;;;/q;;;;2*-1;2*+1. The van der Waals surface area contributed by atoms with Crippen molar-refractivity contribution in [3.63, 3.8) is 0 Å². The third kappa shape index (κ3) is 27.2. The molecule has 0 saturated heterocycles. The van der Waals surface area contributed by atoms with Gasteiger partial charge >= 0.3 is 48.6 Å².